The predicted octanol–water partition coefficient (Wildman–Crippen LogP) is 3.50. The summed E-state index contributed by atoms with van der Waals surface area (Å²) >= 11 is 0. The summed E-state index contributed by atoms with van der Waals surface area (Å²) in [5, 5.41) is 3.29. The maximum atomic E-state index is 4.11. The average Bonchev–Trinajstić information content (AvgIpc) is 2.29. The lowest BCUT2D eigenvalue weighted by Gasteiger charge is -2.05. The second-order valence-corrected chi connectivity index (χ2v) is 4.62. The van der Waals surface area contributed by atoms with E-state index in [4.69, 9.17) is 0 Å². The molecular formula is C13H23N3. The lowest BCUT2D eigenvalue weighted by molar-refractivity contribution is 0.523. The zero-order valence-corrected chi connectivity index (χ0v) is 10.4. The molecule has 16 heavy (non-hydrogen) atoms. The first-order valence-corrected chi connectivity index (χ1v) is 6.29. The van der Waals surface area contributed by atoms with E-state index in [-0.39, 0.29) is 0 Å². The van der Waals surface area contributed by atoms with Crippen LogP contribution < -0.4 is 5.32 Å². The van der Waals surface area contributed by atoms with Gasteiger partial charge in [0.15, 0.2) is 0 Å². The lowest BCUT2D eigenvalue weighted by atomic mass is 10.0. The number of nitrogens with one attached hydrogen (secondary N) is 1. The Morgan fingerprint density at radius 2 is 2.00 bits per heavy atom. The van der Waals surface area contributed by atoms with Gasteiger partial charge in [0.25, 0.3) is 0 Å². The number of rotatable bonds is 8. The summed E-state index contributed by atoms with van der Waals surface area (Å²) in [5.41, 5.74) is 0. The van der Waals surface area contributed by atoms with Gasteiger partial charge in [-0.2, -0.15) is 0 Å². The standard InChI is InChI=1S/C13H23N3/c1-12(2)7-5-3-4-6-9-15-13-8-10-14-11-16-13/h8,10-12H,3-7,9H2,1-2H3,(H,14,15,16). The fraction of sp³-hybridized carbons (Fsp3) is 0.692. The minimum Gasteiger partial charge on any atom is -0.370 e. The molecule has 0 aliphatic carbocycles. The van der Waals surface area contributed by atoms with Crippen LogP contribution in [0.4, 0.5) is 5.82 Å². The molecule has 0 aliphatic heterocycles. The quantitative estimate of drug-likeness (QED) is 0.683. The molecular weight excluding hydrogens is 198 g/mol. The van der Waals surface area contributed by atoms with E-state index < -0.39 is 0 Å². The second kappa shape index (κ2) is 8.08. The highest BCUT2D eigenvalue weighted by Gasteiger charge is 1.95. The third-order valence-electron chi connectivity index (χ3n) is 2.60. The topological polar surface area (TPSA) is 37.8 Å². The van der Waals surface area contributed by atoms with E-state index in [2.05, 4.69) is 29.1 Å². The molecule has 1 N–H and O–H groups in total. The van der Waals surface area contributed by atoms with Gasteiger partial charge in [0.05, 0.1) is 0 Å². The summed E-state index contributed by atoms with van der Waals surface area (Å²) in [4.78, 5) is 7.99. The van der Waals surface area contributed by atoms with Crippen LogP contribution in [0.1, 0.15) is 46.0 Å². The molecule has 3 nitrogen and oxygen atoms in total. The highest BCUT2D eigenvalue weighted by Crippen LogP contribution is 2.09. The van der Waals surface area contributed by atoms with Gasteiger partial charge in [0, 0.05) is 12.7 Å². The first-order chi connectivity index (χ1) is 7.79. The van der Waals surface area contributed by atoms with Crippen molar-refractivity contribution in [2.45, 2.75) is 46.0 Å². The average molecular weight is 221 g/mol. The van der Waals surface area contributed by atoms with Crippen molar-refractivity contribution in [2.24, 2.45) is 5.92 Å². The molecule has 0 saturated carbocycles. The van der Waals surface area contributed by atoms with Crippen LogP contribution in [-0.2, 0) is 0 Å². The minimum absolute atomic E-state index is 0.846. The Morgan fingerprint density at radius 3 is 2.69 bits per heavy atom. The van der Waals surface area contributed by atoms with E-state index in [1.807, 2.05) is 6.07 Å². The van der Waals surface area contributed by atoms with Gasteiger partial charge in [0.1, 0.15) is 12.1 Å². The molecule has 90 valence electrons. The van der Waals surface area contributed by atoms with E-state index in [1.165, 1.54) is 32.1 Å². The van der Waals surface area contributed by atoms with Crippen molar-refractivity contribution in [3.63, 3.8) is 0 Å². The van der Waals surface area contributed by atoms with Crippen molar-refractivity contribution < 1.29 is 0 Å². The van der Waals surface area contributed by atoms with E-state index in [1.54, 1.807) is 12.5 Å². The summed E-state index contributed by atoms with van der Waals surface area (Å²) in [7, 11) is 0. The fourth-order valence-electron chi connectivity index (χ4n) is 1.64. The molecule has 0 saturated heterocycles. The van der Waals surface area contributed by atoms with Gasteiger partial charge in [-0.1, -0.05) is 39.5 Å². The van der Waals surface area contributed by atoms with Crippen molar-refractivity contribution >= 4 is 5.82 Å². The molecule has 0 radical (unpaired) electrons. The maximum absolute atomic E-state index is 4.11. The van der Waals surface area contributed by atoms with Crippen molar-refractivity contribution in [2.75, 3.05) is 11.9 Å². The number of anilines is 1. The van der Waals surface area contributed by atoms with Gasteiger partial charge in [0.2, 0.25) is 0 Å². The molecule has 0 fully saturated rings. The van der Waals surface area contributed by atoms with Gasteiger partial charge in [-0.05, 0) is 18.4 Å². The molecule has 1 aromatic heterocycles. The normalized spacial score (nSPS) is 10.7. The Balaban J connectivity index is 1.93. The summed E-state index contributed by atoms with van der Waals surface area (Å²) in [6.07, 6.45) is 9.95. The highest BCUT2D eigenvalue weighted by atomic mass is 15.0. The monoisotopic (exact) mass is 221 g/mol. The van der Waals surface area contributed by atoms with Gasteiger partial charge in [-0.3, -0.25) is 0 Å². The Hall–Kier alpha value is -1.12. The molecule has 1 rings (SSSR count). The molecule has 1 aromatic rings. The van der Waals surface area contributed by atoms with Gasteiger partial charge in [-0.15, -0.1) is 0 Å². The summed E-state index contributed by atoms with van der Waals surface area (Å²) in [6, 6.07) is 1.90. The summed E-state index contributed by atoms with van der Waals surface area (Å²) in [6.45, 7) is 5.59. The van der Waals surface area contributed by atoms with Crippen LogP contribution in [0.5, 0.6) is 0 Å². The van der Waals surface area contributed by atoms with Crippen LogP contribution in [0.2, 0.25) is 0 Å². The highest BCUT2D eigenvalue weighted by molar-refractivity contribution is 5.30. The summed E-state index contributed by atoms with van der Waals surface area (Å²) < 4.78 is 0. The second-order valence-electron chi connectivity index (χ2n) is 4.62. The third kappa shape index (κ3) is 6.38. The Bertz CT molecular complexity index is 259. The summed E-state index contributed by atoms with van der Waals surface area (Å²) in [5.74, 6) is 1.77. The van der Waals surface area contributed by atoms with E-state index in [0.29, 0.717) is 0 Å². The number of hydrogen-bond acceptors (Lipinski definition) is 3. The van der Waals surface area contributed by atoms with Crippen LogP contribution in [0, 0.1) is 5.92 Å². The van der Waals surface area contributed by atoms with Crippen LogP contribution in [0.3, 0.4) is 0 Å². The maximum Gasteiger partial charge on any atom is 0.129 e. The number of aromatic nitrogens is 2. The predicted molar refractivity (Wildman–Crippen MR) is 68.4 cm³/mol. The number of hydrogen-bond donors (Lipinski definition) is 1. The molecule has 0 amide bonds. The molecule has 0 bridgehead atoms. The Labute approximate surface area is 98.7 Å². The fourth-order valence-corrected chi connectivity index (χ4v) is 1.64. The number of unbranched alkanes of at least 4 members (excludes halogenated alkanes) is 3. The molecule has 3 heteroatoms. The van der Waals surface area contributed by atoms with Crippen molar-refractivity contribution in [1.82, 2.24) is 9.97 Å². The van der Waals surface area contributed by atoms with E-state index in [0.717, 1.165) is 18.3 Å². The van der Waals surface area contributed by atoms with Gasteiger partial charge >= 0.3 is 0 Å². The molecule has 0 aromatic carbocycles. The molecule has 1 heterocycles. The zero-order chi connectivity index (χ0) is 11.6. The van der Waals surface area contributed by atoms with Crippen molar-refractivity contribution in [3.8, 4) is 0 Å². The lowest BCUT2D eigenvalue weighted by Crippen LogP contribution is -2.03. The van der Waals surface area contributed by atoms with E-state index in [9.17, 15) is 0 Å². The van der Waals surface area contributed by atoms with Crippen LogP contribution in [-0.4, -0.2) is 16.5 Å². The third-order valence-corrected chi connectivity index (χ3v) is 2.60. The first-order valence-electron chi connectivity index (χ1n) is 6.29. The van der Waals surface area contributed by atoms with Crippen LogP contribution in [0.25, 0.3) is 0 Å². The van der Waals surface area contributed by atoms with Crippen LogP contribution >= 0.6 is 0 Å². The Morgan fingerprint density at radius 1 is 1.19 bits per heavy atom. The zero-order valence-electron chi connectivity index (χ0n) is 10.4. The number of nitrogens with zero attached hydrogens (tertiary/aromatic N) is 2. The van der Waals surface area contributed by atoms with E-state index >= 15 is 0 Å². The Kier molecular flexibility index (Phi) is 6.54. The molecule has 0 spiro atoms. The van der Waals surface area contributed by atoms with Gasteiger partial charge in [-0.25, -0.2) is 9.97 Å². The minimum atomic E-state index is 0.846. The van der Waals surface area contributed by atoms with Crippen molar-refractivity contribution in [1.29, 1.82) is 0 Å². The van der Waals surface area contributed by atoms with Crippen LogP contribution in [0.15, 0.2) is 18.6 Å². The molecule has 0 aliphatic rings. The first kappa shape index (κ1) is 12.9. The SMILES string of the molecule is CC(C)CCCCCCNc1ccncn1. The van der Waals surface area contributed by atoms with Gasteiger partial charge < -0.3 is 5.32 Å². The molecule has 0 atom stereocenters. The smallest absolute Gasteiger partial charge is 0.129 e. The largest absolute Gasteiger partial charge is 0.370 e. The molecule has 0 unspecified atom stereocenters. The van der Waals surface area contributed by atoms with Crippen molar-refractivity contribution in [3.05, 3.63) is 18.6 Å².